The zero-order valence-electron chi connectivity index (χ0n) is 23.4. The Morgan fingerprint density at radius 1 is 1.02 bits per heavy atom. The molecule has 2 aromatic carbocycles. The van der Waals surface area contributed by atoms with E-state index in [9.17, 15) is 14.0 Å². The normalized spacial score (nSPS) is 13.8. The van der Waals surface area contributed by atoms with Crippen molar-refractivity contribution in [3.8, 4) is 40.1 Å². The fraction of sp³-hybridized carbons (Fsp3) is 0.188. The quantitative estimate of drug-likeness (QED) is 0.212. The van der Waals surface area contributed by atoms with Gasteiger partial charge in [-0.15, -0.1) is 0 Å². The minimum absolute atomic E-state index is 0.0692. The Bertz CT molecular complexity index is 1940. The van der Waals surface area contributed by atoms with Crippen molar-refractivity contribution in [2.24, 2.45) is 0 Å². The first-order valence-electron chi connectivity index (χ1n) is 13.3. The van der Waals surface area contributed by atoms with Gasteiger partial charge < -0.3 is 23.5 Å². The molecular weight excluding hydrogens is 560 g/mol. The van der Waals surface area contributed by atoms with Gasteiger partial charge >= 0.3 is 0 Å². The Morgan fingerprint density at radius 3 is 2.53 bits per heavy atom. The first kappa shape index (κ1) is 27.8. The van der Waals surface area contributed by atoms with Crippen LogP contribution in [0.25, 0.3) is 22.2 Å². The van der Waals surface area contributed by atoms with Crippen LogP contribution in [0.2, 0.25) is 0 Å². The van der Waals surface area contributed by atoms with Crippen LogP contribution in [0.1, 0.15) is 22.8 Å². The highest BCUT2D eigenvalue weighted by atomic mass is 19.1. The third kappa shape index (κ3) is 5.25. The second kappa shape index (κ2) is 11.2. The molecule has 0 spiro atoms. The van der Waals surface area contributed by atoms with E-state index in [2.05, 4.69) is 9.97 Å². The molecule has 9 nitrogen and oxygen atoms in total. The molecule has 218 valence electrons. The molecule has 0 radical (unpaired) electrons. The van der Waals surface area contributed by atoms with Crippen LogP contribution in [-0.2, 0) is 13.0 Å². The lowest BCUT2D eigenvalue weighted by Gasteiger charge is -2.13. The van der Waals surface area contributed by atoms with Crippen molar-refractivity contribution in [1.82, 2.24) is 14.5 Å². The Kier molecular flexibility index (Phi) is 7.22. The largest absolute Gasteiger partial charge is 0.491 e. The lowest BCUT2D eigenvalue weighted by Crippen LogP contribution is -2.21. The lowest BCUT2D eigenvalue weighted by molar-refractivity contribution is 0.0991. The van der Waals surface area contributed by atoms with Crippen molar-refractivity contribution in [3.63, 3.8) is 0 Å². The zero-order valence-corrected chi connectivity index (χ0v) is 23.4. The molecule has 0 amide bonds. The molecule has 5 aromatic rings. The van der Waals surface area contributed by atoms with Gasteiger partial charge in [0, 0.05) is 30.9 Å². The van der Waals surface area contributed by atoms with E-state index in [-0.39, 0.29) is 41.0 Å². The topological polar surface area (TPSA) is 102 Å². The number of Topliss-reactive ketones (excluding diaryl/α,β-unsaturated/α-hetero) is 1. The predicted molar refractivity (Wildman–Crippen MR) is 153 cm³/mol. The van der Waals surface area contributed by atoms with Gasteiger partial charge in [0.05, 0.1) is 37.4 Å². The third-order valence-corrected chi connectivity index (χ3v) is 7.03. The summed E-state index contributed by atoms with van der Waals surface area (Å²) in [6, 6.07) is 12.7. The van der Waals surface area contributed by atoms with Crippen molar-refractivity contribution in [2.75, 3.05) is 14.2 Å². The number of hydrogen-bond donors (Lipinski definition) is 0. The number of benzene rings is 2. The number of carbonyl (C=O) groups is 1. The van der Waals surface area contributed by atoms with E-state index in [1.807, 2.05) is 6.92 Å². The number of hydrogen-bond acceptors (Lipinski definition) is 8. The van der Waals surface area contributed by atoms with Crippen molar-refractivity contribution in [2.45, 2.75) is 26.0 Å². The Labute approximate surface area is 244 Å². The maximum Gasteiger partial charge on any atom is 0.257 e. The van der Waals surface area contributed by atoms with Gasteiger partial charge in [-0.25, -0.2) is 13.8 Å². The first-order chi connectivity index (χ1) is 20.7. The molecule has 1 unspecified atom stereocenters. The lowest BCUT2D eigenvalue weighted by atomic mass is 9.99. The van der Waals surface area contributed by atoms with Gasteiger partial charge in [-0.05, 0) is 42.3 Å². The second-order valence-corrected chi connectivity index (χ2v) is 9.98. The Hall–Kier alpha value is -5.32. The number of halogens is 2. The average molecular weight is 586 g/mol. The summed E-state index contributed by atoms with van der Waals surface area (Å²) in [5.74, 6) is -0.598. The molecule has 0 saturated carbocycles. The fourth-order valence-corrected chi connectivity index (χ4v) is 5.01. The van der Waals surface area contributed by atoms with Crippen LogP contribution in [0.3, 0.4) is 0 Å². The molecule has 1 aliphatic rings. The van der Waals surface area contributed by atoms with E-state index in [0.29, 0.717) is 40.3 Å². The summed E-state index contributed by atoms with van der Waals surface area (Å²) >= 11 is 0. The van der Waals surface area contributed by atoms with Gasteiger partial charge in [0.15, 0.2) is 28.8 Å². The average Bonchev–Trinajstić information content (AvgIpc) is 3.37. The minimum Gasteiger partial charge on any atom is -0.491 e. The van der Waals surface area contributed by atoms with Crippen LogP contribution in [0.15, 0.2) is 71.8 Å². The second-order valence-electron chi connectivity index (χ2n) is 9.98. The first-order valence-corrected chi connectivity index (χ1v) is 13.3. The molecule has 1 atom stereocenters. The Balaban J connectivity index is 1.29. The van der Waals surface area contributed by atoms with E-state index in [4.69, 9.17) is 18.9 Å². The molecule has 0 fully saturated rings. The summed E-state index contributed by atoms with van der Waals surface area (Å²) in [6.45, 7) is 2.28. The van der Waals surface area contributed by atoms with Crippen molar-refractivity contribution < 1.29 is 32.5 Å². The molecule has 3 aromatic heterocycles. The highest BCUT2D eigenvalue weighted by molar-refractivity contribution is 5.98. The van der Waals surface area contributed by atoms with Crippen LogP contribution in [0.4, 0.5) is 8.78 Å². The number of ketones is 1. The van der Waals surface area contributed by atoms with Crippen molar-refractivity contribution in [3.05, 3.63) is 100.0 Å². The number of fused-ring (bicyclic) bond motifs is 2. The molecule has 43 heavy (non-hydrogen) atoms. The van der Waals surface area contributed by atoms with Gasteiger partial charge in [0.25, 0.3) is 5.88 Å². The van der Waals surface area contributed by atoms with E-state index >= 15 is 4.39 Å². The Morgan fingerprint density at radius 2 is 1.81 bits per heavy atom. The maximum atomic E-state index is 15.2. The molecular formula is C32H25F2N3O6. The molecule has 6 rings (SSSR count). The van der Waals surface area contributed by atoms with Crippen LogP contribution in [0, 0.1) is 11.6 Å². The van der Waals surface area contributed by atoms with E-state index in [1.54, 1.807) is 22.8 Å². The molecule has 11 heteroatoms. The summed E-state index contributed by atoms with van der Waals surface area (Å²) in [4.78, 5) is 35.6. The SMILES string of the molecule is COc1cc2nccc(Oc3ccc(CC(=O)c4cn5c(c(-c6ccc(F)cc6)c4=O)OC(C)C5)cc3F)c2nc1OC. The van der Waals surface area contributed by atoms with E-state index in [0.717, 1.165) is 0 Å². The molecule has 0 aliphatic carbocycles. The van der Waals surface area contributed by atoms with Crippen LogP contribution < -0.4 is 24.4 Å². The third-order valence-electron chi connectivity index (χ3n) is 7.03. The number of nitrogens with zero attached hydrogens (tertiary/aromatic N) is 3. The predicted octanol–water partition coefficient (Wildman–Crippen LogP) is 5.75. The highest BCUT2D eigenvalue weighted by Crippen LogP contribution is 2.35. The van der Waals surface area contributed by atoms with Crippen molar-refractivity contribution >= 4 is 16.8 Å². The summed E-state index contributed by atoms with van der Waals surface area (Å²) in [5.41, 5.74) is 1.14. The van der Waals surface area contributed by atoms with Crippen LogP contribution in [-0.4, -0.2) is 40.6 Å². The van der Waals surface area contributed by atoms with Gasteiger partial charge in [0.2, 0.25) is 11.3 Å². The molecule has 1 aliphatic heterocycles. The monoisotopic (exact) mass is 585 g/mol. The maximum absolute atomic E-state index is 15.2. The van der Waals surface area contributed by atoms with E-state index < -0.39 is 22.8 Å². The number of rotatable bonds is 8. The van der Waals surface area contributed by atoms with Gasteiger partial charge in [0.1, 0.15) is 17.4 Å². The zero-order chi connectivity index (χ0) is 30.2. The van der Waals surface area contributed by atoms with Crippen LogP contribution >= 0.6 is 0 Å². The fourth-order valence-electron chi connectivity index (χ4n) is 5.01. The molecule has 0 bridgehead atoms. The number of carbonyl (C=O) groups excluding carboxylic acids is 1. The van der Waals surface area contributed by atoms with Gasteiger partial charge in [-0.3, -0.25) is 14.6 Å². The summed E-state index contributed by atoms with van der Waals surface area (Å²) in [6.07, 6.45) is 2.51. The summed E-state index contributed by atoms with van der Waals surface area (Å²) in [7, 11) is 2.93. The highest BCUT2D eigenvalue weighted by Gasteiger charge is 2.28. The van der Waals surface area contributed by atoms with E-state index in [1.165, 1.54) is 63.0 Å². The molecule has 4 heterocycles. The number of methoxy groups -OCH3 is 2. The standard InChI is InChI=1S/C32H25F2N3O6/c1-17-15-37-16-21(30(39)28(32(37)42-17)19-5-7-20(33)8-6-19)24(38)13-18-4-9-25(22(34)12-18)43-26-10-11-35-23-14-27(40-2)31(41-3)36-29(23)26/h4-12,14,16-17H,13,15H2,1-3H3. The van der Waals surface area contributed by atoms with Crippen molar-refractivity contribution in [1.29, 1.82) is 0 Å². The number of pyridine rings is 3. The number of ether oxygens (including phenoxy) is 4. The summed E-state index contributed by atoms with van der Waals surface area (Å²) in [5, 5.41) is 0. The van der Waals surface area contributed by atoms with Gasteiger partial charge in [-0.2, -0.15) is 0 Å². The molecule has 0 saturated heterocycles. The number of aromatic nitrogens is 3. The minimum atomic E-state index is -0.712. The smallest absolute Gasteiger partial charge is 0.257 e. The van der Waals surface area contributed by atoms with Gasteiger partial charge in [-0.1, -0.05) is 18.2 Å². The molecule has 0 N–H and O–H groups in total. The van der Waals surface area contributed by atoms with Crippen LogP contribution in [0.5, 0.6) is 29.0 Å². The summed E-state index contributed by atoms with van der Waals surface area (Å²) < 4.78 is 52.8.